The second kappa shape index (κ2) is 11.4. The molecule has 2 aliphatic rings. The van der Waals surface area contributed by atoms with E-state index in [9.17, 15) is 44.3 Å². The fourth-order valence-electron chi connectivity index (χ4n) is 5.69. The van der Waals surface area contributed by atoms with E-state index in [-0.39, 0.29) is 17.5 Å². The number of amides is 1. The van der Waals surface area contributed by atoms with Crippen LogP contribution in [0.5, 0.6) is 0 Å². The van der Waals surface area contributed by atoms with Gasteiger partial charge in [-0.15, -0.1) is 0 Å². The maximum Gasteiger partial charge on any atom is 0.416 e. The topological polar surface area (TPSA) is 38.8 Å². The Morgan fingerprint density at radius 2 is 1.41 bits per heavy atom. The summed E-state index contributed by atoms with van der Waals surface area (Å²) in [6.07, 6.45) is -13.6. The molecule has 13 heteroatoms. The van der Waals surface area contributed by atoms with Crippen LogP contribution in [0.1, 0.15) is 84.6 Å². The van der Waals surface area contributed by atoms with Crippen LogP contribution in [0.15, 0.2) is 36.4 Å². The Hall–Kier alpha value is -2.96. The highest BCUT2D eigenvalue weighted by atomic mass is 19.4. The van der Waals surface area contributed by atoms with Crippen molar-refractivity contribution in [1.29, 1.82) is 0 Å². The molecule has 3 atom stereocenters. The lowest BCUT2D eigenvalue weighted by atomic mass is 9.81. The van der Waals surface area contributed by atoms with Crippen LogP contribution in [0.25, 0.3) is 0 Å². The van der Waals surface area contributed by atoms with Gasteiger partial charge in [-0.1, -0.05) is 25.3 Å². The van der Waals surface area contributed by atoms with Crippen LogP contribution < -0.4 is 0 Å². The van der Waals surface area contributed by atoms with Gasteiger partial charge in [0, 0.05) is 13.7 Å². The minimum absolute atomic E-state index is 0.0193. The molecule has 2 aromatic carbocycles. The highest BCUT2D eigenvalue weighted by Crippen LogP contribution is 2.43. The number of hydrogen-bond donors (Lipinski definition) is 0. The molecule has 1 saturated carbocycles. The van der Waals surface area contributed by atoms with Gasteiger partial charge in [-0.2, -0.15) is 39.5 Å². The summed E-state index contributed by atoms with van der Waals surface area (Å²) in [6.45, 7) is 0.929. The van der Waals surface area contributed by atoms with Crippen LogP contribution in [0.3, 0.4) is 0 Å². The Morgan fingerprint density at radius 1 is 0.854 bits per heavy atom. The number of carbonyl (C=O) groups is 1. The number of alkyl halides is 9. The predicted octanol–water partition coefficient (Wildman–Crippen LogP) is 9.09. The molecule has 4 rings (SSSR count). The fourth-order valence-corrected chi connectivity index (χ4v) is 5.69. The molecule has 0 unspecified atom stereocenters. The van der Waals surface area contributed by atoms with Crippen molar-refractivity contribution in [3.05, 3.63) is 69.8 Å². The molecule has 2 aromatic rings. The predicted molar refractivity (Wildman–Crippen MR) is 128 cm³/mol. The molecule has 0 spiro atoms. The van der Waals surface area contributed by atoms with Gasteiger partial charge in [-0.05, 0) is 72.7 Å². The number of carbonyl (C=O) groups excluding carboxylic acids is 1. The smallest absolute Gasteiger partial charge is 0.416 e. The van der Waals surface area contributed by atoms with E-state index in [2.05, 4.69) is 0 Å². The number of ether oxygens (including phenoxy) is 2. The molecule has 0 aromatic heterocycles. The summed E-state index contributed by atoms with van der Waals surface area (Å²) in [7, 11) is 1.44. The molecule has 0 bridgehead atoms. The molecule has 4 nitrogen and oxygen atoms in total. The molecular weight excluding hydrogens is 569 g/mol. The van der Waals surface area contributed by atoms with E-state index in [0.717, 1.165) is 49.1 Å². The first-order chi connectivity index (χ1) is 19.0. The van der Waals surface area contributed by atoms with Crippen LogP contribution in [0.4, 0.5) is 44.3 Å². The van der Waals surface area contributed by atoms with Gasteiger partial charge >= 0.3 is 24.6 Å². The maximum absolute atomic E-state index is 13.6. The molecule has 1 heterocycles. The van der Waals surface area contributed by atoms with E-state index in [0.29, 0.717) is 17.7 Å². The highest BCUT2D eigenvalue weighted by molar-refractivity contribution is 5.71. The summed E-state index contributed by atoms with van der Waals surface area (Å²) in [5.74, 6) is 0.0193. The SMILES string of the molecule is CO[C@@H](c1ccc(C(F)(F)F)cc1CN1C(=O)O[C@H](c2cc(C(F)(F)F)cc(C(F)(F)F)c2)[C@H]1C)C1CCCCC1. The summed E-state index contributed by atoms with van der Waals surface area (Å²) in [6, 6.07) is 2.93. The molecule has 2 fully saturated rings. The third kappa shape index (κ3) is 6.76. The number of methoxy groups -OCH3 is 1. The highest BCUT2D eigenvalue weighted by Gasteiger charge is 2.44. The average molecular weight is 598 g/mol. The van der Waals surface area contributed by atoms with Crippen molar-refractivity contribution in [3.8, 4) is 0 Å². The lowest BCUT2D eigenvalue weighted by molar-refractivity contribution is -0.143. The van der Waals surface area contributed by atoms with Crippen LogP contribution in [-0.4, -0.2) is 24.1 Å². The normalized spacial score (nSPS) is 21.7. The van der Waals surface area contributed by atoms with Crippen molar-refractivity contribution >= 4 is 6.09 Å². The first kappa shape index (κ1) is 31.0. The van der Waals surface area contributed by atoms with Crippen molar-refractivity contribution in [2.45, 2.75) is 82.4 Å². The molecule has 1 saturated heterocycles. The summed E-state index contributed by atoms with van der Waals surface area (Å²) < 4.78 is 132. The molecule has 0 radical (unpaired) electrons. The van der Waals surface area contributed by atoms with E-state index in [1.807, 2.05) is 0 Å². The lowest BCUT2D eigenvalue weighted by Gasteiger charge is -2.32. The molecule has 1 aliphatic carbocycles. The monoisotopic (exact) mass is 597 g/mol. The first-order valence-electron chi connectivity index (χ1n) is 13.0. The standard InChI is InChI=1S/C28H28F9NO3/c1-15-23(17-10-20(27(32,33)34)13-21(11-17)28(35,36)37)41-25(39)38(15)14-18-12-19(26(29,30)31)8-9-22(18)24(40-2)16-6-4-3-5-7-16/h8-13,15-16,23-24H,3-7,14H2,1-2H3/t15-,23+,24-/m1/s1. The van der Waals surface area contributed by atoms with Gasteiger partial charge in [-0.25, -0.2) is 4.79 Å². The zero-order valence-electron chi connectivity index (χ0n) is 22.1. The third-order valence-corrected chi connectivity index (χ3v) is 7.78. The quantitative estimate of drug-likeness (QED) is 0.312. The van der Waals surface area contributed by atoms with Gasteiger partial charge in [0.25, 0.3) is 0 Å². The zero-order valence-corrected chi connectivity index (χ0v) is 22.1. The van der Waals surface area contributed by atoms with Crippen LogP contribution in [0, 0.1) is 5.92 Å². The lowest BCUT2D eigenvalue weighted by Crippen LogP contribution is -2.32. The summed E-state index contributed by atoms with van der Waals surface area (Å²) in [4.78, 5) is 13.9. The van der Waals surface area contributed by atoms with Crippen LogP contribution in [-0.2, 0) is 34.5 Å². The fraction of sp³-hybridized carbons (Fsp3) is 0.536. The molecule has 0 N–H and O–H groups in total. The zero-order chi connectivity index (χ0) is 30.3. The van der Waals surface area contributed by atoms with Crippen molar-refractivity contribution < 1.29 is 53.8 Å². The van der Waals surface area contributed by atoms with Gasteiger partial charge in [0.05, 0.1) is 28.8 Å². The van der Waals surface area contributed by atoms with E-state index in [4.69, 9.17) is 9.47 Å². The number of hydrogen-bond acceptors (Lipinski definition) is 3. The maximum atomic E-state index is 13.6. The minimum Gasteiger partial charge on any atom is -0.439 e. The Labute approximate surface area is 230 Å². The molecule has 226 valence electrons. The van der Waals surface area contributed by atoms with E-state index in [1.54, 1.807) is 0 Å². The molecule has 1 aliphatic heterocycles. The number of halogens is 9. The second-order valence-electron chi connectivity index (χ2n) is 10.5. The van der Waals surface area contributed by atoms with Gasteiger partial charge < -0.3 is 9.47 Å². The summed E-state index contributed by atoms with van der Waals surface area (Å²) >= 11 is 0. The van der Waals surface area contributed by atoms with Crippen molar-refractivity contribution in [2.24, 2.45) is 5.92 Å². The van der Waals surface area contributed by atoms with Gasteiger partial charge in [0.1, 0.15) is 6.10 Å². The van der Waals surface area contributed by atoms with Gasteiger partial charge in [-0.3, -0.25) is 4.90 Å². The molecule has 41 heavy (non-hydrogen) atoms. The second-order valence-corrected chi connectivity index (χ2v) is 10.5. The Kier molecular flexibility index (Phi) is 8.60. The Morgan fingerprint density at radius 3 is 1.93 bits per heavy atom. The van der Waals surface area contributed by atoms with Gasteiger partial charge in [0.15, 0.2) is 0 Å². The largest absolute Gasteiger partial charge is 0.439 e. The van der Waals surface area contributed by atoms with E-state index < -0.39 is 71.7 Å². The summed E-state index contributed by atoms with van der Waals surface area (Å²) in [5.41, 5.74) is -4.12. The van der Waals surface area contributed by atoms with Crippen LogP contribution >= 0.6 is 0 Å². The Bertz CT molecular complexity index is 1220. The third-order valence-electron chi connectivity index (χ3n) is 7.78. The van der Waals surface area contributed by atoms with Crippen molar-refractivity contribution in [2.75, 3.05) is 7.11 Å². The Balaban J connectivity index is 1.71. The van der Waals surface area contributed by atoms with E-state index in [1.165, 1.54) is 20.1 Å². The minimum atomic E-state index is -5.11. The van der Waals surface area contributed by atoms with Crippen molar-refractivity contribution in [3.63, 3.8) is 0 Å². The molecule has 1 amide bonds. The van der Waals surface area contributed by atoms with E-state index >= 15 is 0 Å². The number of benzene rings is 2. The molecular formula is C28H28F9NO3. The first-order valence-corrected chi connectivity index (χ1v) is 13.0. The van der Waals surface area contributed by atoms with Crippen molar-refractivity contribution in [1.82, 2.24) is 4.90 Å². The number of rotatable bonds is 6. The number of nitrogens with zero attached hydrogens (tertiary/aromatic N) is 1. The average Bonchev–Trinajstić information content (AvgIpc) is 3.17. The van der Waals surface area contributed by atoms with Gasteiger partial charge in [0.2, 0.25) is 0 Å². The number of cyclic esters (lactones) is 1. The summed E-state index contributed by atoms with van der Waals surface area (Å²) in [5, 5.41) is 0. The van der Waals surface area contributed by atoms with Crippen LogP contribution in [0.2, 0.25) is 0 Å².